The minimum absolute atomic E-state index is 0.0778. The van der Waals surface area contributed by atoms with Gasteiger partial charge in [0.2, 0.25) is 0 Å². The van der Waals surface area contributed by atoms with Gasteiger partial charge in [-0.25, -0.2) is 0 Å². The van der Waals surface area contributed by atoms with Crippen LogP contribution in [-0.2, 0) is 0 Å². The van der Waals surface area contributed by atoms with Crippen molar-refractivity contribution >= 4 is 27.3 Å². The van der Waals surface area contributed by atoms with E-state index in [1.807, 2.05) is 18.2 Å². The number of hydrogen-bond donors (Lipinski definition) is 1. The summed E-state index contributed by atoms with van der Waals surface area (Å²) in [6.07, 6.45) is 1.23. The van der Waals surface area contributed by atoms with E-state index in [0.717, 1.165) is 18.7 Å². The first kappa shape index (κ1) is 11.4. The van der Waals surface area contributed by atoms with Crippen molar-refractivity contribution in [2.45, 2.75) is 12.5 Å². The Bertz CT molecular complexity index is 636. The van der Waals surface area contributed by atoms with Crippen LogP contribution in [0.1, 0.15) is 16.8 Å². The van der Waals surface area contributed by atoms with Crippen molar-refractivity contribution in [3.05, 3.63) is 35.2 Å². The van der Waals surface area contributed by atoms with Gasteiger partial charge in [-0.15, -0.1) is 11.3 Å². The molecular formula is C15H16N2OS. The Morgan fingerprint density at radius 2 is 2.26 bits per heavy atom. The molecule has 3 atom stereocenters. The Morgan fingerprint density at radius 1 is 1.32 bits per heavy atom. The molecule has 2 unspecified atom stereocenters. The average Bonchev–Trinajstić information content (AvgIpc) is 3.13. The number of rotatable bonds is 2. The Balaban J connectivity index is 1.53. The molecule has 2 bridgehead atoms. The third-order valence-corrected chi connectivity index (χ3v) is 5.25. The number of carbonyl (C=O) groups is 1. The van der Waals surface area contributed by atoms with E-state index >= 15 is 0 Å². The summed E-state index contributed by atoms with van der Waals surface area (Å²) in [7, 11) is 0. The van der Waals surface area contributed by atoms with Gasteiger partial charge in [-0.1, -0.05) is 6.07 Å². The average molecular weight is 272 g/mol. The Labute approximate surface area is 116 Å². The normalized spacial score (nSPS) is 28.9. The molecule has 0 saturated carbocycles. The number of nitrogens with zero attached hydrogens (tertiary/aromatic N) is 1. The highest BCUT2D eigenvalue weighted by Gasteiger charge is 2.38. The van der Waals surface area contributed by atoms with Crippen LogP contribution in [0.2, 0.25) is 0 Å². The third kappa shape index (κ3) is 1.95. The van der Waals surface area contributed by atoms with E-state index in [9.17, 15) is 4.79 Å². The van der Waals surface area contributed by atoms with Crippen LogP contribution in [0.15, 0.2) is 29.6 Å². The molecule has 2 fully saturated rings. The van der Waals surface area contributed by atoms with Gasteiger partial charge in [-0.3, -0.25) is 4.79 Å². The van der Waals surface area contributed by atoms with Crippen LogP contribution < -0.4 is 5.32 Å². The van der Waals surface area contributed by atoms with Crippen LogP contribution in [0.25, 0.3) is 10.1 Å². The summed E-state index contributed by atoms with van der Waals surface area (Å²) in [5.41, 5.74) is 0.785. The molecule has 98 valence electrons. The lowest BCUT2D eigenvalue weighted by Crippen LogP contribution is -2.43. The largest absolute Gasteiger partial charge is 0.348 e. The molecule has 4 rings (SSSR count). The maximum absolute atomic E-state index is 12.3. The summed E-state index contributed by atoms with van der Waals surface area (Å²) in [5, 5.41) is 6.49. The molecule has 2 aliphatic rings. The van der Waals surface area contributed by atoms with Gasteiger partial charge in [0.05, 0.1) is 0 Å². The molecule has 1 aromatic carbocycles. The number of carbonyl (C=O) groups excluding carboxylic acids is 1. The summed E-state index contributed by atoms with van der Waals surface area (Å²) < 4.78 is 1.18. The zero-order valence-electron chi connectivity index (χ0n) is 10.6. The molecule has 2 aromatic rings. The first-order valence-corrected chi connectivity index (χ1v) is 7.68. The maximum atomic E-state index is 12.3. The van der Waals surface area contributed by atoms with Gasteiger partial charge in [0.25, 0.3) is 5.91 Å². The van der Waals surface area contributed by atoms with Gasteiger partial charge in [-0.05, 0) is 47.8 Å². The highest BCUT2D eigenvalue weighted by atomic mass is 32.1. The van der Waals surface area contributed by atoms with Crippen molar-refractivity contribution in [3.63, 3.8) is 0 Å². The minimum atomic E-state index is 0.0778. The Hall–Kier alpha value is -1.39. The van der Waals surface area contributed by atoms with E-state index in [1.165, 1.54) is 23.1 Å². The molecule has 2 saturated heterocycles. The van der Waals surface area contributed by atoms with E-state index in [4.69, 9.17) is 0 Å². The predicted molar refractivity (Wildman–Crippen MR) is 77.6 cm³/mol. The van der Waals surface area contributed by atoms with Crippen LogP contribution in [0.4, 0.5) is 0 Å². The molecule has 2 aliphatic heterocycles. The Morgan fingerprint density at radius 3 is 3.05 bits per heavy atom. The summed E-state index contributed by atoms with van der Waals surface area (Å²) in [6.45, 7) is 3.39. The van der Waals surface area contributed by atoms with Crippen LogP contribution in [-0.4, -0.2) is 36.5 Å². The number of amides is 1. The minimum Gasteiger partial charge on any atom is -0.348 e. The van der Waals surface area contributed by atoms with Gasteiger partial charge >= 0.3 is 0 Å². The second-order valence-electron chi connectivity index (χ2n) is 5.56. The molecule has 1 aromatic heterocycles. The second-order valence-corrected chi connectivity index (χ2v) is 6.51. The monoisotopic (exact) mass is 272 g/mol. The smallest absolute Gasteiger partial charge is 0.251 e. The summed E-state index contributed by atoms with van der Waals surface area (Å²) in [6, 6.07) is 8.40. The van der Waals surface area contributed by atoms with Gasteiger partial charge in [-0.2, -0.15) is 0 Å². The van der Waals surface area contributed by atoms with Crippen LogP contribution in [0.5, 0.6) is 0 Å². The van der Waals surface area contributed by atoms with Crippen LogP contribution in [0.3, 0.4) is 0 Å². The molecule has 3 heterocycles. The molecule has 0 aliphatic carbocycles. The van der Waals surface area contributed by atoms with Gasteiger partial charge in [0, 0.05) is 29.4 Å². The van der Waals surface area contributed by atoms with Crippen molar-refractivity contribution in [3.8, 4) is 0 Å². The van der Waals surface area contributed by atoms with Crippen LogP contribution >= 0.6 is 11.3 Å². The topological polar surface area (TPSA) is 32.3 Å². The fourth-order valence-corrected chi connectivity index (χ4v) is 4.12. The number of hydrogen-bond acceptors (Lipinski definition) is 3. The van der Waals surface area contributed by atoms with Crippen molar-refractivity contribution in [1.29, 1.82) is 0 Å². The lowest BCUT2D eigenvalue weighted by molar-refractivity contribution is 0.0924. The highest BCUT2D eigenvalue weighted by Crippen LogP contribution is 2.28. The van der Waals surface area contributed by atoms with E-state index in [2.05, 4.69) is 21.7 Å². The van der Waals surface area contributed by atoms with Gasteiger partial charge in [0.15, 0.2) is 0 Å². The van der Waals surface area contributed by atoms with Crippen LogP contribution in [0, 0.1) is 5.92 Å². The number of nitrogens with one attached hydrogen (secondary N) is 1. The van der Waals surface area contributed by atoms with Gasteiger partial charge in [0.1, 0.15) is 0 Å². The van der Waals surface area contributed by atoms with Gasteiger partial charge < -0.3 is 10.2 Å². The quantitative estimate of drug-likeness (QED) is 0.910. The molecule has 1 amide bonds. The highest BCUT2D eigenvalue weighted by molar-refractivity contribution is 7.17. The SMILES string of the molecule is O=C(NC1CN2CC[C@@H]1C2)c1ccc2ccsc2c1. The number of benzene rings is 1. The standard InChI is InChI=1S/C15H16N2OS/c18-15(16-13-9-17-5-3-12(13)8-17)11-2-1-10-4-6-19-14(10)7-11/h1-2,4,6-7,12-13H,3,5,8-9H2,(H,16,18)/t12-,13?/m1/s1. The zero-order valence-corrected chi connectivity index (χ0v) is 11.5. The fraction of sp³-hybridized carbons (Fsp3) is 0.400. The summed E-state index contributed by atoms with van der Waals surface area (Å²) in [4.78, 5) is 14.8. The zero-order chi connectivity index (χ0) is 12.8. The summed E-state index contributed by atoms with van der Waals surface area (Å²) in [5.74, 6) is 0.739. The van der Waals surface area contributed by atoms with Crippen molar-refractivity contribution in [2.24, 2.45) is 5.92 Å². The molecular weight excluding hydrogens is 256 g/mol. The van der Waals surface area contributed by atoms with E-state index < -0.39 is 0 Å². The molecule has 4 heteroatoms. The van der Waals surface area contributed by atoms with Crippen molar-refractivity contribution in [2.75, 3.05) is 19.6 Å². The lowest BCUT2D eigenvalue weighted by Gasteiger charge is -2.23. The Kier molecular flexibility index (Phi) is 2.60. The fourth-order valence-electron chi connectivity index (χ4n) is 3.30. The molecule has 3 nitrogen and oxygen atoms in total. The van der Waals surface area contributed by atoms with E-state index in [0.29, 0.717) is 12.0 Å². The molecule has 1 N–H and O–H groups in total. The molecule has 0 spiro atoms. The maximum Gasteiger partial charge on any atom is 0.251 e. The molecule has 0 radical (unpaired) electrons. The van der Waals surface area contributed by atoms with E-state index in [1.54, 1.807) is 11.3 Å². The summed E-state index contributed by atoms with van der Waals surface area (Å²) >= 11 is 1.69. The first-order chi connectivity index (χ1) is 9.29. The van der Waals surface area contributed by atoms with E-state index in [-0.39, 0.29) is 5.91 Å². The number of thiophene rings is 1. The van der Waals surface area contributed by atoms with Crippen molar-refractivity contribution < 1.29 is 4.79 Å². The van der Waals surface area contributed by atoms with Crippen molar-refractivity contribution in [1.82, 2.24) is 10.2 Å². The third-order valence-electron chi connectivity index (χ3n) is 4.37. The predicted octanol–water partition coefficient (Wildman–Crippen LogP) is 2.34. The lowest BCUT2D eigenvalue weighted by atomic mass is 9.99. The first-order valence-electron chi connectivity index (χ1n) is 6.80. The number of piperidine rings is 1. The molecule has 19 heavy (non-hydrogen) atoms. The second kappa shape index (κ2) is 4.32. The number of fused-ring (bicyclic) bond motifs is 3.